The van der Waals surface area contributed by atoms with Crippen molar-refractivity contribution in [3.63, 3.8) is 0 Å². The maximum atomic E-state index is 11.9. The summed E-state index contributed by atoms with van der Waals surface area (Å²) in [6.07, 6.45) is -1.59. The third kappa shape index (κ3) is 30.6. The number of nitrogens with two attached hydrogens (primary N) is 1. The highest BCUT2D eigenvalue weighted by Gasteiger charge is 2.10. The second-order valence-corrected chi connectivity index (χ2v) is 13.4. The molecular formula is C43H61Cl2N9O12. The van der Waals surface area contributed by atoms with Gasteiger partial charge in [0.15, 0.2) is 0 Å². The predicted molar refractivity (Wildman–Crippen MR) is 248 cm³/mol. The smallest absolute Gasteiger partial charge is 0.307 e. The van der Waals surface area contributed by atoms with Gasteiger partial charge in [-0.05, 0) is 78.5 Å². The fraction of sp³-hybridized carbons (Fsp3) is 0.372. The number of halogens is 2. The van der Waals surface area contributed by atoms with Crippen molar-refractivity contribution in [3.8, 4) is 0 Å². The van der Waals surface area contributed by atoms with Crippen LogP contribution >= 0.6 is 24.0 Å². The highest BCUT2D eigenvalue weighted by Crippen LogP contribution is 2.08. The van der Waals surface area contributed by atoms with Crippen LogP contribution in [0.1, 0.15) is 85.0 Å². The molecule has 3 rings (SSSR count). The first-order chi connectivity index (χ1) is 32.1. The summed E-state index contributed by atoms with van der Waals surface area (Å²) in [6, 6.07) is 20.7. The minimum Gasteiger partial charge on any atom is -0.481 e. The van der Waals surface area contributed by atoms with Gasteiger partial charge in [-0.2, -0.15) is 0 Å². The average molecular weight is 970 g/mol. The van der Waals surface area contributed by atoms with E-state index in [-0.39, 0.29) is 81.0 Å². The van der Waals surface area contributed by atoms with E-state index >= 15 is 0 Å². The van der Waals surface area contributed by atoms with Crippen molar-refractivity contribution >= 4 is 78.1 Å². The molecule has 8 N–H and O–H groups in total. The number of carboxylic acids is 1. The number of rotatable bonds is 22. The van der Waals surface area contributed by atoms with Crippen molar-refractivity contribution < 1.29 is 61.8 Å². The number of hydrogen-bond donors (Lipinski definition) is 7. The van der Waals surface area contributed by atoms with Crippen LogP contribution in [-0.4, -0.2) is 128 Å². The minimum absolute atomic E-state index is 0. The molecule has 0 aliphatic carbocycles. The number of nitrogens with zero attached hydrogens (tertiary/aromatic N) is 3. The lowest BCUT2D eigenvalue weighted by Gasteiger charge is -2.14. The number of esters is 2. The quantitative estimate of drug-likeness (QED) is 0.0249. The van der Waals surface area contributed by atoms with Gasteiger partial charge in [-0.25, -0.2) is 15.0 Å². The molecule has 0 aliphatic rings. The van der Waals surface area contributed by atoms with Gasteiger partial charge in [0, 0.05) is 77.1 Å². The molecule has 23 heteroatoms. The summed E-state index contributed by atoms with van der Waals surface area (Å²) in [5, 5.41) is 20.8. The van der Waals surface area contributed by atoms with Crippen molar-refractivity contribution in [1.29, 1.82) is 0 Å². The van der Waals surface area contributed by atoms with Crippen LogP contribution in [-0.2, 0) is 57.9 Å². The van der Waals surface area contributed by atoms with E-state index < -0.39 is 24.5 Å². The fourth-order valence-electron chi connectivity index (χ4n) is 4.97. The van der Waals surface area contributed by atoms with Crippen LogP contribution in [0.4, 0.5) is 0 Å². The Morgan fingerprint density at radius 2 is 0.894 bits per heavy atom. The van der Waals surface area contributed by atoms with E-state index in [9.17, 15) is 38.4 Å². The van der Waals surface area contributed by atoms with Crippen molar-refractivity contribution in [1.82, 2.24) is 41.8 Å². The summed E-state index contributed by atoms with van der Waals surface area (Å²) in [6.45, 7) is 6.14. The van der Waals surface area contributed by atoms with E-state index in [1.54, 1.807) is 101 Å². The molecule has 0 fully saturated rings. The lowest BCUT2D eigenvalue weighted by Crippen LogP contribution is -2.32. The van der Waals surface area contributed by atoms with E-state index in [1.807, 2.05) is 12.1 Å². The second-order valence-electron chi connectivity index (χ2n) is 13.2. The van der Waals surface area contributed by atoms with Gasteiger partial charge < -0.3 is 30.5 Å². The molecule has 3 aromatic carbocycles. The molecule has 0 saturated carbocycles. The highest BCUT2D eigenvalue weighted by molar-refractivity contribution is 6.54. The number of amides is 5. The number of aliphatic carboxylic acids is 1. The lowest BCUT2D eigenvalue weighted by atomic mass is 10.1. The van der Waals surface area contributed by atoms with Crippen molar-refractivity contribution in [2.24, 2.45) is 5.84 Å². The molecule has 0 bridgehead atoms. The van der Waals surface area contributed by atoms with Crippen molar-refractivity contribution in [2.45, 2.75) is 52.7 Å². The Morgan fingerprint density at radius 3 is 1.15 bits per heavy atom. The van der Waals surface area contributed by atoms with Crippen LogP contribution in [0.3, 0.4) is 0 Å². The van der Waals surface area contributed by atoms with Gasteiger partial charge in [0.2, 0.25) is 18.5 Å². The number of nitrogens with one attached hydrogen (secondary N) is 5. The first-order valence-electron chi connectivity index (χ1n) is 21.3. The molecule has 0 heterocycles. The average Bonchev–Trinajstić information content (AvgIpc) is 3.24. The zero-order chi connectivity index (χ0) is 51.6. The summed E-state index contributed by atoms with van der Waals surface area (Å²) in [7, 11) is 5.04. The third-order valence-corrected chi connectivity index (χ3v) is 7.86. The van der Waals surface area contributed by atoms with Gasteiger partial charge in [0.05, 0.1) is 32.5 Å². The minimum atomic E-state index is -1.11. The fourth-order valence-corrected chi connectivity index (χ4v) is 4.97. The van der Waals surface area contributed by atoms with Gasteiger partial charge in [-0.1, -0.05) is 36.4 Å². The predicted octanol–water partition coefficient (Wildman–Crippen LogP) is 1.96. The Kier molecular flexibility index (Phi) is 31.9. The maximum absolute atomic E-state index is 11.9. The summed E-state index contributed by atoms with van der Waals surface area (Å²) in [5.74, 6) is 3.11. The van der Waals surface area contributed by atoms with E-state index in [2.05, 4.69) is 38.4 Å². The largest absolute Gasteiger partial charge is 0.481 e. The topological polar surface area (TPSA) is 288 Å². The number of carbonyl (C=O) groups is 9. The molecule has 5 amide bonds. The standard InChI is InChI=1S/C15H21N3O4.C14H21N3O3.C13H17N3O4.CHClO.ClH/c1-3-22-14(20)8-9-16-15(21)13-6-4-12(5-7-13)10-18(2)17-11-19;1-3-20-13(18)8-9-16-14(19)12-6-4-11(5-7-12)10-17(2)15;1-16(15-9-17)8-10-2-4-11(5-3-10)13(20)14-7-6-12(18)19;2-1-3;/h4-7,11H,3,8-10H2,1-2H3,(H,16,21)(H,17,19);4-7H,3,8-10,15H2,1-2H3,(H,16,19);2-5,9H,6-8H2,1H3,(H,14,20)(H,15,17)(H,18,19);1H;1H/i11D;;9D;1D;. The van der Waals surface area contributed by atoms with Crippen molar-refractivity contribution in [3.05, 3.63) is 106 Å². The summed E-state index contributed by atoms with van der Waals surface area (Å²) in [4.78, 5) is 98.1. The Hall–Kier alpha value is -6.49. The van der Waals surface area contributed by atoms with E-state index in [0.717, 1.165) is 16.7 Å². The van der Waals surface area contributed by atoms with Crippen LogP contribution in [0.2, 0.25) is 0 Å². The monoisotopic (exact) mass is 968 g/mol. The Balaban J connectivity index is 0. The van der Waals surface area contributed by atoms with Crippen LogP contribution in [0, 0.1) is 0 Å². The summed E-state index contributed by atoms with van der Waals surface area (Å²) >= 11 is 4.30. The van der Waals surface area contributed by atoms with Crippen LogP contribution in [0.15, 0.2) is 72.8 Å². The van der Waals surface area contributed by atoms with Gasteiger partial charge in [-0.15, -0.1) is 12.4 Å². The first-order valence-corrected chi connectivity index (χ1v) is 20.2. The van der Waals surface area contributed by atoms with E-state index in [0.29, 0.717) is 49.5 Å². The van der Waals surface area contributed by atoms with E-state index in [4.69, 9.17) is 29.3 Å². The molecule has 0 unspecified atom stereocenters. The van der Waals surface area contributed by atoms with Crippen LogP contribution in [0.5, 0.6) is 0 Å². The molecule has 3 aromatic rings. The number of benzene rings is 3. The maximum Gasteiger partial charge on any atom is 0.307 e. The summed E-state index contributed by atoms with van der Waals surface area (Å²) < 4.78 is 28.8. The molecule has 364 valence electrons. The molecule has 0 atom stereocenters. The summed E-state index contributed by atoms with van der Waals surface area (Å²) in [5.41, 5.74) is 7.71. The number of carbonyl (C=O) groups excluding carboxylic acids is 8. The zero-order valence-corrected chi connectivity index (χ0v) is 38.9. The SMILES string of the molecule is CCOC(=O)CCNC(=O)c1ccc(CN(C)N)cc1.Cl.[2H]C(=O)Cl.[2H]C(=O)NN(C)Cc1ccc(C(=O)NCCC(=O)O)cc1.[2H]C(=O)NN(C)Cc1ccc(C(=O)NCCC(=O)OCC)cc1. The zero-order valence-electron chi connectivity index (χ0n) is 40.3. The number of hydrogen-bond acceptors (Lipinski definition) is 15. The Morgan fingerprint density at radius 1 is 0.606 bits per heavy atom. The molecule has 0 saturated heterocycles. The van der Waals surface area contributed by atoms with Gasteiger partial charge >= 0.3 is 17.9 Å². The Bertz CT molecular complexity index is 2070. The first kappa shape index (κ1) is 55.6. The van der Waals surface area contributed by atoms with Gasteiger partial charge in [0.1, 0.15) is 4.11 Å². The number of hydrazine groups is 3. The molecule has 0 aliphatic heterocycles. The van der Waals surface area contributed by atoms with Gasteiger partial charge in [-0.3, -0.25) is 59.8 Å². The number of ether oxygens (including phenoxy) is 2. The molecule has 0 aromatic heterocycles. The molecular weight excluding hydrogens is 905 g/mol. The third-order valence-electron chi connectivity index (χ3n) is 7.86. The number of carboxylic acid groups (broad SMARTS) is 1. The highest BCUT2D eigenvalue weighted by atomic mass is 35.5. The van der Waals surface area contributed by atoms with Crippen LogP contribution < -0.4 is 32.6 Å². The lowest BCUT2D eigenvalue weighted by molar-refractivity contribution is -0.143. The van der Waals surface area contributed by atoms with Gasteiger partial charge in [0.25, 0.3) is 17.7 Å². The Labute approximate surface area is 399 Å². The van der Waals surface area contributed by atoms with Crippen molar-refractivity contribution in [2.75, 3.05) is 54.0 Å². The van der Waals surface area contributed by atoms with Crippen LogP contribution in [0.25, 0.3) is 0 Å². The molecule has 0 spiro atoms. The molecule has 66 heavy (non-hydrogen) atoms. The van der Waals surface area contributed by atoms with E-state index in [1.165, 1.54) is 10.0 Å². The normalized spacial score (nSPS) is 10.4. The molecule has 21 nitrogen and oxygen atoms in total. The molecule has 0 radical (unpaired) electrons. The second kappa shape index (κ2) is 37.8.